The number of aromatic nitrogens is 2. The highest BCUT2D eigenvalue weighted by molar-refractivity contribution is 5.66. The Morgan fingerprint density at radius 1 is 0.737 bits per heavy atom. The van der Waals surface area contributed by atoms with Gasteiger partial charge in [0.25, 0.3) is 5.89 Å². The predicted molar refractivity (Wildman–Crippen MR) is 157 cm³/mol. The van der Waals surface area contributed by atoms with Crippen LogP contribution in [0.3, 0.4) is 0 Å². The molecule has 1 aromatic heterocycles. The largest absolute Gasteiger partial charge is 0.334 e. The third-order valence-electron chi connectivity index (χ3n) is 7.54. The minimum Gasteiger partial charge on any atom is -0.334 e. The first-order valence-electron chi connectivity index (χ1n) is 14.5. The van der Waals surface area contributed by atoms with Crippen molar-refractivity contribution < 1.29 is 4.52 Å². The van der Waals surface area contributed by atoms with Crippen LogP contribution in [-0.4, -0.2) is 10.1 Å². The fourth-order valence-electron chi connectivity index (χ4n) is 5.29. The molecule has 4 heteroatoms. The third kappa shape index (κ3) is 7.41. The predicted octanol–water partition coefficient (Wildman–Crippen LogP) is 9.41. The number of hydrogen-bond acceptors (Lipinski definition) is 3. The molecule has 1 N–H and O–H groups in total. The number of aryl methyl sites for hydroxylation is 1. The Hall–Kier alpha value is -3.24. The lowest BCUT2D eigenvalue weighted by atomic mass is 9.85. The van der Waals surface area contributed by atoms with Crippen molar-refractivity contribution >= 4 is 0 Å². The van der Waals surface area contributed by atoms with Crippen LogP contribution < -0.4 is 5.73 Å². The molecule has 1 atom stereocenters. The molecule has 38 heavy (non-hydrogen) atoms. The summed E-state index contributed by atoms with van der Waals surface area (Å²) in [6.45, 7) is 4.69. The molecule has 0 aliphatic heterocycles. The summed E-state index contributed by atoms with van der Waals surface area (Å²) in [6, 6.07) is 25.3. The molecule has 199 valence electrons. The molecule has 0 fully saturated rings. The molecule has 0 bridgehead atoms. The van der Waals surface area contributed by atoms with E-state index in [1.807, 2.05) is 18.2 Å². The Bertz CT molecular complexity index is 1230. The van der Waals surface area contributed by atoms with E-state index in [0.29, 0.717) is 5.89 Å². The first kappa shape index (κ1) is 27.8. The van der Waals surface area contributed by atoms with Gasteiger partial charge in [-0.2, -0.15) is 4.98 Å². The van der Waals surface area contributed by atoms with Crippen molar-refractivity contribution in [2.75, 3.05) is 0 Å². The Labute approximate surface area is 228 Å². The Morgan fingerprint density at radius 2 is 1.39 bits per heavy atom. The van der Waals surface area contributed by atoms with Gasteiger partial charge in [0, 0.05) is 24.4 Å². The summed E-state index contributed by atoms with van der Waals surface area (Å²) in [7, 11) is 0. The Balaban J connectivity index is 1.42. The standard InChI is InChI=1S/C34H42N3O/c1-3-4-5-6-7-8-9-10-14-20-32-36-34(38-37-32)31-19-15-18-30(25-35)33(31)26(2)27-21-23-29(24-22-27)28-16-12-11-13-17-28/h11-13,15-19,21-24,26,35H,3-10,14,20,25H2,1-2H3. The molecule has 0 saturated heterocycles. The quantitative estimate of drug-likeness (QED) is 0.150. The zero-order valence-corrected chi connectivity index (χ0v) is 23.1. The average molecular weight is 509 g/mol. The second-order valence-corrected chi connectivity index (χ2v) is 10.4. The molecule has 0 amide bonds. The van der Waals surface area contributed by atoms with Gasteiger partial charge in [-0.1, -0.05) is 137 Å². The first-order valence-corrected chi connectivity index (χ1v) is 14.5. The van der Waals surface area contributed by atoms with Crippen LogP contribution in [0.15, 0.2) is 77.3 Å². The number of nitrogens with one attached hydrogen (secondary N) is 1. The molecule has 0 aliphatic carbocycles. The SMILES string of the molecule is CCCCCCCCCCCc1noc(-c2cccc(C[NH])c2C(C)c2ccc(-c3ccccc3)cc2)n1. The van der Waals surface area contributed by atoms with Crippen LogP contribution >= 0.6 is 0 Å². The van der Waals surface area contributed by atoms with Crippen molar-refractivity contribution in [3.8, 4) is 22.6 Å². The first-order chi connectivity index (χ1) is 18.7. The van der Waals surface area contributed by atoms with E-state index < -0.39 is 0 Å². The molecule has 1 radical (unpaired) electrons. The lowest BCUT2D eigenvalue weighted by Crippen LogP contribution is -2.05. The van der Waals surface area contributed by atoms with Crippen LogP contribution in [0, 0.1) is 0 Å². The third-order valence-corrected chi connectivity index (χ3v) is 7.54. The number of nitrogens with zero attached hydrogens (tertiary/aromatic N) is 2. The topological polar surface area (TPSA) is 62.7 Å². The number of hydrogen-bond donors (Lipinski definition) is 0. The highest BCUT2D eigenvalue weighted by Crippen LogP contribution is 2.36. The molecular formula is C34H42N3O. The number of benzene rings is 3. The van der Waals surface area contributed by atoms with Gasteiger partial charge in [0.2, 0.25) is 0 Å². The highest BCUT2D eigenvalue weighted by Gasteiger charge is 2.21. The number of rotatable bonds is 15. The molecule has 4 rings (SSSR count). The van der Waals surface area contributed by atoms with Crippen molar-refractivity contribution in [3.63, 3.8) is 0 Å². The van der Waals surface area contributed by atoms with E-state index in [-0.39, 0.29) is 12.5 Å². The van der Waals surface area contributed by atoms with Crippen LogP contribution in [0.25, 0.3) is 22.6 Å². The van der Waals surface area contributed by atoms with Gasteiger partial charge in [-0.15, -0.1) is 0 Å². The summed E-state index contributed by atoms with van der Waals surface area (Å²) >= 11 is 0. The second-order valence-electron chi connectivity index (χ2n) is 10.4. The minimum absolute atomic E-state index is 0.101. The van der Waals surface area contributed by atoms with Gasteiger partial charge in [-0.25, -0.2) is 0 Å². The summed E-state index contributed by atoms with van der Waals surface area (Å²) in [5.74, 6) is 1.45. The van der Waals surface area contributed by atoms with Crippen LogP contribution in [-0.2, 0) is 13.0 Å². The molecule has 1 heterocycles. The molecule has 4 aromatic rings. The van der Waals surface area contributed by atoms with Crippen LogP contribution in [0.4, 0.5) is 0 Å². The average Bonchev–Trinajstić information content (AvgIpc) is 3.45. The lowest BCUT2D eigenvalue weighted by molar-refractivity contribution is 0.420. The van der Waals surface area contributed by atoms with E-state index in [1.54, 1.807) is 0 Å². The summed E-state index contributed by atoms with van der Waals surface area (Å²) < 4.78 is 5.76. The summed E-state index contributed by atoms with van der Waals surface area (Å²) in [5, 5.41) is 4.30. The van der Waals surface area contributed by atoms with Crippen LogP contribution in [0.5, 0.6) is 0 Å². The van der Waals surface area contributed by atoms with Gasteiger partial charge in [0.05, 0.1) is 0 Å². The molecule has 0 spiro atoms. The van der Waals surface area contributed by atoms with E-state index in [2.05, 4.69) is 73.6 Å². The normalized spacial score (nSPS) is 12.1. The van der Waals surface area contributed by atoms with E-state index >= 15 is 0 Å². The van der Waals surface area contributed by atoms with Crippen molar-refractivity contribution in [2.45, 2.75) is 90.5 Å². The van der Waals surface area contributed by atoms with Crippen molar-refractivity contribution in [1.29, 1.82) is 0 Å². The van der Waals surface area contributed by atoms with Crippen molar-refractivity contribution in [3.05, 3.63) is 95.3 Å². The monoisotopic (exact) mass is 508 g/mol. The molecule has 1 unspecified atom stereocenters. The van der Waals surface area contributed by atoms with Gasteiger partial charge in [-0.3, -0.25) is 5.73 Å². The van der Waals surface area contributed by atoms with E-state index in [1.165, 1.54) is 68.1 Å². The molecule has 3 aromatic carbocycles. The lowest BCUT2D eigenvalue weighted by Gasteiger charge is -2.19. The maximum absolute atomic E-state index is 8.18. The van der Waals surface area contributed by atoms with Gasteiger partial charge < -0.3 is 4.52 Å². The smallest absolute Gasteiger partial charge is 0.258 e. The minimum atomic E-state index is 0.101. The molecular weight excluding hydrogens is 466 g/mol. The van der Waals surface area contributed by atoms with E-state index in [4.69, 9.17) is 15.2 Å². The maximum atomic E-state index is 8.18. The maximum Gasteiger partial charge on any atom is 0.258 e. The highest BCUT2D eigenvalue weighted by atomic mass is 16.5. The van der Waals surface area contributed by atoms with Crippen LogP contribution in [0.2, 0.25) is 0 Å². The van der Waals surface area contributed by atoms with E-state index in [0.717, 1.165) is 35.4 Å². The number of unbranched alkanes of at least 4 members (excludes halogenated alkanes) is 8. The van der Waals surface area contributed by atoms with Gasteiger partial charge in [0.1, 0.15) is 0 Å². The molecule has 0 saturated carbocycles. The zero-order valence-electron chi connectivity index (χ0n) is 23.1. The van der Waals surface area contributed by atoms with Gasteiger partial charge in [0.15, 0.2) is 5.82 Å². The summed E-state index contributed by atoms with van der Waals surface area (Å²) in [4.78, 5) is 4.78. The van der Waals surface area contributed by atoms with Gasteiger partial charge in [-0.05, 0) is 40.3 Å². The second kappa shape index (κ2) is 14.6. The Morgan fingerprint density at radius 3 is 2.08 bits per heavy atom. The molecule has 0 aliphatic rings. The van der Waals surface area contributed by atoms with Crippen molar-refractivity contribution in [1.82, 2.24) is 15.9 Å². The fraction of sp³-hybridized carbons (Fsp3) is 0.412. The summed E-state index contributed by atoms with van der Waals surface area (Å²) in [6.07, 6.45) is 12.6. The summed E-state index contributed by atoms with van der Waals surface area (Å²) in [5.41, 5.74) is 14.9. The van der Waals surface area contributed by atoms with Gasteiger partial charge >= 0.3 is 0 Å². The zero-order chi connectivity index (χ0) is 26.6. The Kier molecular flexibility index (Phi) is 10.7. The molecule has 4 nitrogen and oxygen atoms in total. The van der Waals surface area contributed by atoms with E-state index in [9.17, 15) is 0 Å². The fourth-order valence-corrected chi connectivity index (χ4v) is 5.29. The van der Waals surface area contributed by atoms with Crippen molar-refractivity contribution in [2.24, 2.45) is 0 Å². The van der Waals surface area contributed by atoms with Crippen LogP contribution in [0.1, 0.15) is 100 Å².